The summed E-state index contributed by atoms with van der Waals surface area (Å²) >= 11 is 5.83. The molecule has 0 aliphatic heterocycles. The molecule has 0 fully saturated rings. The predicted molar refractivity (Wildman–Crippen MR) is 75.6 cm³/mol. The van der Waals surface area contributed by atoms with Gasteiger partial charge in [0.05, 0.1) is 19.9 Å². The molecule has 0 aliphatic carbocycles. The zero-order valence-corrected chi connectivity index (χ0v) is 12.7. The molecular formula is C12H13ClN6O3. The molecule has 0 bridgehead atoms. The van der Waals surface area contributed by atoms with Crippen LogP contribution in [0.25, 0.3) is 11.0 Å². The third-order valence-electron chi connectivity index (χ3n) is 2.94. The number of fused-ring (bicyclic) bond motifs is 1. The summed E-state index contributed by atoms with van der Waals surface area (Å²) in [5, 5.41) is 12.2. The van der Waals surface area contributed by atoms with Crippen molar-refractivity contribution in [2.75, 3.05) is 14.2 Å². The maximum Gasteiger partial charge on any atom is 0.244 e. The Bertz CT molecular complexity index is 786. The van der Waals surface area contributed by atoms with Gasteiger partial charge in [-0.05, 0) is 11.6 Å². The van der Waals surface area contributed by atoms with Crippen LogP contribution in [0.3, 0.4) is 0 Å². The number of aromatic nitrogens is 6. The van der Waals surface area contributed by atoms with Gasteiger partial charge >= 0.3 is 0 Å². The SMILES string of the molecule is COCc1nnc(CCn2ncc3nc(Cl)nc(OC)c32)o1. The van der Waals surface area contributed by atoms with Crippen molar-refractivity contribution < 1.29 is 13.9 Å². The molecule has 3 aromatic rings. The van der Waals surface area contributed by atoms with E-state index < -0.39 is 0 Å². The fourth-order valence-corrected chi connectivity index (χ4v) is 2.19. The van der Waals surface area contributed by atoms with E-state index in [1.165, 1.54) is 7.11 Å². The Balaban J connectivity index is 1.81. The number of methoxy groups -OCH3 is 2. The predicted octanol–water partition coefficient (Wildman–Crippen LogP) is 1.26. The zero-order valence-electron chi connectivity index (χ0n) is 12.0. The summed E-state index contributed by atoms with van der Waals surface area (Å²) in [6.07, 6.45) is 2.12. The summed E-state index contributed by atoms with van der Waals surface area (Å²) in [5.74, 6) is 1.32. The molecule has 3 rings (SSSR count). The highest BCUT2D eigenvalue weighted by Crippen LogP contribution is 2.23. The molecule has 0 radical (unpaired) electrons. The van der Waals surface area contributed by atoms with Gasteiger partial charge in [-0.15, -0.1) is 10.2 Å². The normalized spacial score (nSPS) is 11.2. The summed E-state index contributed by atoms with van der Waals surface area (Å²) in [6, 6.07) is 0. The van der Waals surface area contributed by atoms with Crippen LogP contribution < -0.4 is 4.74 Å². The fraction of sp³-hybridized carbons (Fsp3) is 0.417. The Labute approximate surface area is 130 Å². The van der Waals surface area contributed by atoms with E-state index in [0.29, 0.717) is 41.7 Å². The highest BCUT2D eigenvalue weighted by molar-refractivity contribution is 6.28. The van der Waals surface area contributed by atoms with Gasteiger partial charge in [-0.2, -0.15) is 10.1 Å². The van der Waals surface area contributed by atoms with E-state index in [1.807, 2.05) is 0 Å². The fourth-order valence-electron chi connectivity index (χ4n) is 2.02. The number of hydrogen-bond donors (Lipinski definition) is 0. The van der Waals surface area contributed by atoms with Crippen molar-refractivity contribution in [3.05, 3.63) is 23.3 Å². The van der Waals surface area contributed by atoms with Crippen molar-refractivity contribution in [1.82, 2.24) is 29.9 Å². The number of nitrogens with zero attached hydrogens (tertiary/aromatic N) is 6. The number of halogens is 1. The number of aryl methyl sites for hydroxylation is 2. The topological polar surface area (TPSA) is 101 Å². The van der Waals surface area contributed by atoms with Crippen molar-refractivity contribution in [2.24, 2.45) is 0 Å². The molecule has 10 heteroatoms. The van der Waals surface area contributed by atoms with E-state index in [0.717, 1.165) is 0 Å². The Morgan fingerprint density at radius 3 is 2.82 bits per heavy atom. The van der Waals surface area contributed by atoms with Gasteiger partial charge in [0, 0.05) is 13.5 Å². The molecule has 0 spiro atoms. The Morgan fingerprint density at radius 1 is 1.23 bits per heavy atom. The van der Waals surface area contributed by atoms with Gasteiger partial charge in [-0.1, -0.05) is 0 Å². The molecular weight excluding hydrogens is 312 g/mol. The molecule has 22 heavy (non-hydrogen) atoms. The summed E-state index contributed by atoms with van der Waals surface area (Å²) in [4.78, 5) is 8.15. The second kappa shape index (κ2) is 6.24. The van der Waals surface area contributed by atoms with Crippen LogP contribution in [0.1, 0.15) is 11.8 Å². The van der Waals surface area contributed by atoms with Crippen LogP contribution in [0.5, 0.6) is 5.88 Å². The van der Waals surface area contributed by atoms with E-state index >= 15 is 0 Å². The van der Waals surface area contributed by atoms with E-state index in [9.17, 15) is 0 Å². The largest absolute Gasteiger partial charge is 0.479 e. The quantitative estimate of drug-likeness (QED) is 0.624. The minimum atomic E-state index is 0.116. The molecule has 0 saturated carbocycles. The molecule has 0 aromatic carbocycles. The zero-order chi connectivity index (χ0) is 15.5. The summed E-state index contributed by atoms with van der Waals surface area (Å²) in [5.41, 5.74) is 1.28. The van der Waals surface area contributed by atoms with Crippen molar-refractivity contribution in [2.45, 2.75) is 19.6 Å². The number of ether oxygens (including phenoxy) is 2. The van der Waals surface area contributed by atoms with Gasteiger partial charge in [0.15, 0.2) is 0 Å². The van der Waals surface area contributed by atoms with Crippen LogP contribution in [0.4, 0.5) is 0 Å². The van der Waals surface area contributed by atoms with Gasteiger partial charge in [-0.25, -0.2) is 4.98 Å². The maximum absolute atomic E-state index is 5.83. The average Bonchev–Trinajstić information content (AvgIpc) is 3.11. The van der Waals surface area contributed by atoms with Crippen molar-refractivity contribution in [1.29, 1.82) is 0 Å². The van der Waals surface area contributed by atoms with Crippen LogP contribution in [0.15, 0.2) is 10.6 Å². The molecule has 3 heterocycles. The van der Waals surface area contributed by atoms with Crippen LogP contribution in [0, 0.1) is 0 Å². The van der Waals surface area contributed by atoms with Gasteiger partial charge < -0.3 is 13.9 Å². The van der Waals surface area contributed by atoms with Gasteiger partial charge in [0.25, 0.3) is 0 Å². The molecule has 0 atom stereocenters. The van der Waals surface area contributed by atoms with Crippen LogP contribution in [-0.4, -0.2) is 44.2 Å². The Kier molecular flexibility index (Phi) is 4.16. The highest BCUT2D eigenvalue weighted by atomic mass is 35.5. The lowest BCUT2D eigenvalue weighted by atomic mass is 10.4. The van der Waals surface area contributed by atoms with Crippen molar-refractivity contribution in [3.63, 3.8) is 0 Å². The third-order valence-corrected chi connectivity index (χ3v) is 3.11. The lowest BCUT2D eigenvalue weighted by molar-refractivity contribution is 0.158. The molecule has 0 N–H and O–H groups in total. The maximum atomic E-state index is 5.83. The summed E-state index contributed by atoms with van der Waals surface area (Å²) in [7, 11) is 3.08. The van der Waals surface area contributed by atoms with Gasteiger partial charge in [-0.3, -0.25) is 4.68 Å². The second-order valence-electron chi connectivity index (χ2n) is 4.38. The lowest BCUT2D eigenvalue weighted by Gasteiger charge is -2.05. The molecule has 0 saturated heterocycles. The van der Waals surface area contributed by atoms with Crippen LogP contribution in [0.2, 0.25) is 5.28 Å². The number of rotatable bonds is 6. The van der Waals surface area contributed by atoms with Gasteiger partial charge in [0.1, 0.15) is 17.6 Å². The standard InChI is InChI=1S/C12H13ClN6O3/c1-20-6-9-18-17-8(22-9)3-4-19-10-7(5-14-19)15-12(13)16-11(10)21-2/h5H,3-4,6H2,1-2H3. The molecule has 0 unspecified atom stereocenters. The molecule has 0 aliphatic rings. The molecule has 116 valence electrons. The second-order valence-corrected chi connectivity index (χ2v) is 4.71. The monoisotopic (exact) mass is 324 g/mol. The first-order chi connectivity index (χ1) is 10.7. The Morgan fingerprint density at radius 2 is 2.05 bits per heavy atom. The molecule has 0 amide bonds. The first kappa shape index (κ1) is 14.7. The molecule has 9 nitrogen and oxygen atoms in total. The number of hydrogen-bond acceptors (Lipinski definition) is 8. The lowest BCUT2D eigenvalue weighted by Crippen LogP contribution is -2.05. The van der Waals surface area contributed by atoms with Gasteiger partial charge in [0.2, 0.25) is 22.9 Å². The summed E-state index contributed by atoms with van der Waals surface area (Å²) in [6.45, 7) is 0.803. The highest BCUT2D eigenvalue weighted by Gasteiger charge is 2.14. The first-order valence-corrected chi connectivity index (χ1v) is 6.82. The van der Waals surface area contributed by atoms with Crippen molar-refractivity contribution >= 4 is 22.6 Å². The average molecular weight is 325 g/mol. The van der Waals surface area contributed by atoms with Crippen LogP contribution in [-0.2, 0) is 24.3 Å². The smallest absolute Gasteiger partial charge is 0.244 e. The first-order valence-electron chi connectivity index (χ1n) is 6.44. The Hall–Kier alpha value is -2.26. The van der Waals surface area contributed by atoms with Crippen LogP contribution >= 0.6 is 11.6 Å². The van der Waals surface area contributed by atoms with E-state index in [4.69, 9.17) is 25.5 Å². The van der Waals surface area contributed by atoms with E-state index in [2.05, 4.69) is 25.3 Å². The molecule has 3 aromatic heterocycles. The summed E-state index contributed by atoms with van der Waals surface area (Å²) < 4.78 is 17.3. The van der Waals surface area contributed by atoms with E-state index in [-0.39, 0.29) is 11.9 Å². The minimum Gasteiger partial charge on any atom is -0.479 e. The van der Waals surface area contributed by atoms with Crippen molar-refractivity contribution in [3.8, 4) is 5.88 Å². The minimum absolute atomic E-state index is 0.116. The third kappa shape index (κ3) is 2.85. The van der Waals surface area contributed by atoms with E-state index in [1.54, 1.807) is 18.0 Å².